The number of aliphatic hydroxyl groups excluding tert-OH is 1. The van der Waals surface area contributed by atoms with Crippen LogP contribution in [0.4, 0.5) is 0 Å². The second-order valence-electron chi connectivity index (χ2n) is 6.29. The number of carbonyl (C=O) groups is 1. The Hall–Kier alpha value is -1.39. The van der Waals surface area contributed by atoms with Gasteiger partial charge in [-0.1, -0.05) is 18.2 Å². The van der Waals surface area contributed by atoms with Gasteiger partial charge in [-0.25, -0.2) is 0 Å². The van der Waals surface area contributed by atoms with Gasteiger partial charge in [0, 0.05) is 6.54 Å². The smallest absolute Gasteiger partial charge is 0.308 e. The fraction of sp³-hybridized carbons (Fsp3) is 0.611. The maximum absolute atomic E-state index is 11.5. The van der Waals surface area contributed by atoms with E-state index < -0.39 is 6.10 Å². The molecule has 0 aliphatic carbocycles. The number of aliphatic hydroxyl groups is 1. The normalized spacial score (nSPS) is 18.2. The number of aryl methyl sites for hydroxylation is 2. The quantitative estimate of drug-likeness (QED) is 0.850. The number of benzene rings is 1. The van der Waals surface area contributed by atoms with E-state index in [9.17, 15) is 9.90 Å². The number of esters is 1. The molecule has 0 spiro atoms. The molecular formula is C18H27NO3. The molecule has 0 amide bonds. The van der Waals surface area contributed by atoms with Gasteiger partial charge in [0.25, 0.3) is 0 Å². The average molecular weight is 305 g/mol. The third kappa shape index (κ3) is 4.31. The molecule has 1 aromatic carbocycles. The SMILES string of the molecule is COC(=O)C1CCN(CCC(O)c2ccc(C)c(C)c2)CC1. The molecule has 0 saturated carbocycles. The highest BCUT2D eigenvalue weighted by Gasteiger charge is 2.25. The number of carbonyl (C=O) groups excluding carboxylic acids is 1. The van der Waals surface area contributed by atoms with Gasteiger partial charge < -0.3 is 14.7 Å². The number of hydrogen-bond acceptors (Lipinski definition) is 4. The van der Waals surface area contributed by atoms with Crippen molar-refractivity contribution in [2.75, 3.05) is 26.7 Å². The van der Waals surface area contributed by atoms with Crippen molar-refractivity contribution in [1.82, 2.24) is 4.90 Å². The van der Waals surface area contributed by atoms with Gasteiger partial charge >= 0.3 is 5.97 Å². The zero-order valence-electron chi connectivity index (χ0n) is 13.8. The predicted molar refractivity (Wildman–Crippen MR) is 86.7 cm³/mol. The van der Waals surface area contributed by atoms with E-state index in [-0.39, 0.29) is 11.9 Å². The lowest BCUT2D eigenvalue weighted by Gasteiger charge is -2.31. The molecule has 1 atom stereocenters. The van der Waals surface area contributed by atoms with Crippen LogP contribution in [0, 0.1) is 19.8 Å². The first kappa shape index (κ1) is 17.0. The summed E-state index contributed by atoms with van der Waals surface area (Å²) >= 11 is 0. The van der Waals surface area contributed by atoms with Crippen molar-refractivity contribution in [3.8, 4) is 0 Å². The van der Waals surface area contributed by atoms with Gasteiger partial charge in [-0.3, -0.25) is 4.79 Å². The van der Waals surface area contributed by atoms with E-state index in [2.05, 4.69) is 30.9 Å². The van der Waals surface area contributed by atoms with Gasteiger partial charge in [-0.15, -0.1) is 0 Å². The molecular weight excluding hydrogens is 278 g/mol. The number of likely N-dealkylation sites (tertiary alicyclic amines) is 1. The lowest BCUT2D eigenvalue weighted by molar-refractivity contribution is -0.147. The van der Waals surface area contributed by atoms with Crippen LogP contribution >= 0.6 is 0 Å². The monoisotopic (exact) mass is 305 g/mol. The van der Waals surface area contributed by atoms with Crippen LogP contribution in [0.3, 0.4) is 0 Å². The van der Waals surface area contributed by atoms with Crippen LogP contribution in [0.15, 0.2) is 18.2 Å². The molecule has 1 fully saturated rings. The zero-order valence-corrected chi connectivity index (χ0v) is 13.8. The van der Waals surface area contributed by atoms with E-state index in [0.29, 0.717) is 0 Å². The Labute approximate surface area is 133 Å². The molecule has 4 heteroatoms. The average Bonchev–Trinajstić information content (AvgIpc) is 2.54. The van der Waals surface area contributed by atoms with Crippen molar-refractivity contribution >= 4 is 5.97 Å². The van der Waals surface area contributed by atoms with Crippen LogP contribution < -0.4 is 0 Å². The molecule has 0 aromatic heterocycles. The van der Waals surface area contributed by atoms with Crippen LogP contribution in [-0.4, -0.2) is 42.7 Å². The van der Waals surface area contributed by atoms with Gasteiger partial charge in [0.1, 0.15) is 0 Å². The van der Waals surface area contributed by atoms with Gasteiger partial charge in [0.15, 0.2) is 0 Å². The van der Waals surface area contributed by atoms with Gasteiger partial charge in [0.2, 0.25) is 0 Å². The predicted octanol–water partition coefficient (Wildman–Crippen LogP) is 2.61. The van der Waals surface area contributed by atoms with E-state index in [0.717, 1.165) is 44.5 Å². The van der Waals surface area contributed by atoms with Gasteiger partial charge in [0.05, 0.1) is 19.1 Å². The van der Waals surface area contributed by atoms with Crippen molar-refractivity contribution in [1.29, 1.82) is 0 Å². The van der Waals surface area contributed by atoms with Crippen LogP contribution in [0.2, 0.25) is 0 Å². The summed E-state index contributed by atoms with van der Waals surface area (Å²) in [4.78, 5) is 13.8. The lowest BCUT2D eigenvalue weighted by Crippen LogP contribution is -2.37. The Bertz CT molecular complexity index is 507. The largest absolute Gasteiger partial charge is 0.469 e. The van der Waals surface area contributed by atoms with E-state index in [1.54, 1.807) is 0 Å². The van der Waals surface area contributed by atoms with Crippen molar-refractivity contribution in [2.24, 2.45) is 5.92 Å². The van der Waals surface area contributed by atoms with Gasteiger partial charge in [-0.05, 0) is 62.9 Å². The Morgan fingerprint density at radius 1 is 1.32 bits per heavy atom. The number of ether oxygens (including phenoxy) is 1. The molecule has 1 aliphatic rings. The van der Waals surface area contributed by atoms with Crippen molar-refractivity contribution < 1.29 is 14.6 Å². The van der Waals surface area contributed by atoms with E-state index >= 15 is 0 Å². The molecule has 1 heterocycles. The van der Waals surface area contributed by atoms with Crippen LogP contribution in [0.1, 0.15) is 42.1 Å². The number of piperidine rings is 1. The first-order chi connectivity index (χ1) is 10.5. The van der Waals surface area contributed by atoms with Crippen molar-refractivity contribution in [3.63, 3.8) is 0 Å². The maximum atomic E-state index is 11.5. The Morgan fingerprint density at radius 3 is 2.59 bits per heavy atom. The third-order valence-corrected chi connectivity index (χ3v) is 4.76. The number of rotatable bonds is 5. The molecule has 1 saturated heterocycles. The minimum atomic E-state index is -0.419. The summed E-state index contributed by atoms with van der Waals surface area (Å²) in [5.41, 5.74) is 3.46. The first-order valence-corrected chi connectivity index (χ1v) is 8.06. The molecule has 2 rings (SSSR count). The molecule has 4 nitrogen and oxygen atoms in total. The summed E-state index contributed by atoms with van der Waals surface area (Å²) in [7, 11) is 1.45. The third-order valence-electron chi connectivity index (χ3n) is 4.76. The summed E-state index contributed by atoms with van der Waals surface area (Å²) in [6.45, 7) is 6.82. The second kappa shape index (κ2) is 7.75. The van der Waals surface area contributed by atoms with Crippen molar-refractivity contribution in [2.45, 2.75) is 39.2 Å². The lowest BCUT2D eigenvalue weighted by atomic mass is 9.96. The molecule has 1 aromatic rings. The summed E-state index contributed by atoms with van der Waals surface area (Å²) in [6.07, 6.45) is 2.02. The van der Waals surface area contributed by atoms with Crippen molar-refractivity contribution in [3.05, 3.63) is 34.9 Å². The fourth-order valence-electron chi connectivity index (χ4n) is 3.00. The highest BCUT2D eigenvalue weighted by molar-refractivity contribution is 5.72. The zero-order chi connectivity index (χ0) is 16.1. The molecule has 0 radical (unpaired) electrons. The summed E-state index contributed by atoms with van der Waals surface area (Å²) in [6, 6.07) is 6.15. The first-order valence-electron chi connectivity index (χ1n) is 8.06. The Morgan fingerprint density at radius 2 is 2.00 bits per heavy atom. The maximum Gasteiger partial charge on any atom is 0.308 e. The summed E-state index contributed by atoms with van der Waals surface area (Å²) in [5.74, 6) is -0.0410. The number of nitrogens with zero attached hydrogens (tertiary/aromatic N) is 1. The highest BCUT2D eigenvalue weighted by Crippen LogP contribution is 2.22. The molecule has 1 unspecified atom stereocenters. The minimum Gasteiger partial charge on any atom is -0.469 e. The molecule has 122 valence electrons. The van der Waals surface area contributed by atoms with Crippen LogP contribution in [-0.2, 0) is 9.53 Å². The Kier molecular flexibility index (Phi) is 5.98. The number of hydrogen-bond donors (Lipinski definition) is 1. The fourth-order valence-corrected chi connectivity index (χ4v) is 3.00. The Balaban J connectivity index is 1.78. The highest BCUT2D eigenvalue weighted by atomic mass is 16.5. The molecule has 0 bridgehead atoms. The van der Waals surface area contributed by atoms with E-state index in [1.165, 1.54) is 18.2 Å². The topological polar surface area (TPSA) is 49.8 Å². The van der Waals surface area contributed by atoms with Gasteiger partial charge in [-0.2, -0.15) is 0 Å². The van der Waals surface area contributed by atoms with E-state index in [1.807, 2.05) is 6.07 Å². The number of methoxy groups -OCH3 is 1. The molecule has 1 aliphatic heterocycles. The second-order valence-corrected chi connectivity index (χ2v) is 6.29. The molecule has 22 heavy (non-hydrogen) atoms. The van der Waals surface area contributed by atoms with Crippen LogP contribution in [0.25, 0.3) is 0 Å². The summed E-state index contributed by atoms with van der Waals surface area (Å²) in [5, 5.41) is 10.3. The molecule has 1 N–H and O–H groups in total. The summed E-state index contributed by atoms with van der Waals surface area (Å²) < 4.78 is 4.80. The standard InChI is InChI=1S/C18H27NO3/c1-13-4-5-16(12-14(13)2)17(20)8-11-19-9-6-15(7-10-19)18(21)22-3/h4-5,12,15,17,20H,6-11H2,1-3H3. The van der Waals surface area contributed by atoms with Crippen LogP contribution in [0.5, 0.6) is 0 Å². The minimum absolute atomic E-state index is 0.0471. The van der Waals surface area contributed by atoms with E-state index in [4.69, 9.17) is 4.74 Å².